The summed E-state index contributed by atoms with van der Waals surface area (Å²) in [5.74, 6) is -1.03. The van der Waals surface area contributed by atoms with Crippen LogP contribution in [0.3, 0.4) is 0 Å². The average Bonchev–Trinajstić information content (AvgIpc) is 3.53. The van der Waals surface area contributed by atoms with Crippen LogP contribution in [0.2, 0.25) is 0 Å². The van der Waals surface area contributed by atoms with Gasteiger partial charge in [-0.15, -0.1) is 0 Å². The molecule has 1 saturated heterocycles. The summed E-state index contributed by atoms with van der Waals surface area (Å²) in [5, 5.41) is 3.11. The van der Waals surface area contributed by atoms with Gasteiger partial charge in [0.1, 0.15) is 17.2 Å². The number of benzene rings is 4. The fourth-order valence-electron chi connectivity index (χ4n) is 7.61. The Morgan fingerprint density at radius 3 is 2.27 bits per heavy atom. The molecule has 0 bridgehead atoms. The van der Waals surface area contributed by atoms with Gasteiger partial charge in [0.2, 0.25) is 5.91 Å². The number of hydrogen-bond acceptors (Lipinski definition) is 5. The molecule has 0 aromatic heterocycles. The van der Waals surface area contributed by atoms with E-state index in [1.54, 1.807) is 24.3 Å². The summed E-state index contributed by atoms with van der Waals surface area (Å²) in [6.07, 6.45) is 5.78. The Morgan fingerprint density at radius 1 is 0.867 bits per heavy atom. The Kier molecular flexibility index (Phi) is 7.16. The number of Topliss-reactive ketones (excluding diaryl/α,β-unsaturated/α-hetero) is 2. The SMILES string of the molecule is CCCc1ccc(C(=O)[C@@H]2[C@H](C(=O)c3ccc(OC(C)C)cc3)N3C=Cc4ccccc4[C@H]3[C@]23C(=O)Nc2ccccc23)cc1. The second-order valence-corrected chi connectivity index (χ2v) is 12.5. The first-order valence-electron chi connectivity index (χ1n) is 15.7. The van der Waals surface area contributed by atoms with Crippen molar-refractivity contribution in [3.63, 3.8) is 0 Å². The summed E-state index contributed by atoms with van der Waals surface area (Å²) in [4.78, 5) is 46.4. The Hall–Kier alpha value is -4.97. The Bertz CT molecular complexity index is 1820. The molecule has 3 heterocycles. The molecule has 226 valence electrons. The van der Waals surface area contributed by atoms with E-state index in [0.717, 1.165) is 35.1 Å². The van der Waals surface area contributed by atoms with Crippen LogP contribution < -0.4 is 10.1 Å². The normalized spacial score (nSPS) is 22.6. The van der Waals surface area contributed by atoms with Crippen molar-refractivity contribution < 1.29 is 19.1 Å². The molecule has 1 fully saturated rings. The highest BCUT2D eigenvalue weighted by Gasteiger charge is 2.70. The molecule has 1 N–H and O–H groups in total. The zero-order chi connectivity index (χ0) is 31.3. The summed E-state index contributed by atoms with van der Waals surface area (Å²) in [6.45, 7) is 6.02. The van der Waals surface area contributed by atoms with Gasteiger partial charge in [-0.2, -0.15) is 0 Å². The van der Waals surface area contributed by atoms with Crippen LogP contribution in [-0.2, 0) is 16.6 Å². The lowest BCUT2D eigenvalue weighted by Crippen LogP contribution is -2.49. The quantitative estimate of drug-likeness (QED) is 0.215. The van der Waals surface area contributed by atoms with Crippen molar-refractivity contribution in [2.24, 2.45) is 5.92 Å². The Labute approximate surface area is 263 Å². The number of rotatable bonds is 8. The highest BCUT2D eigenvalue weighted by molar-refractivity contribution is 6.16. The van der Waals surface area contributed by atoms with E-state index in [4.69, 9.17) is 4.74 Å². The van der Waals surface area contributed by atoms with Gasteiger partial charge in [-0.3, -0.25) is 14.4 Å². The third-order valence-electron chi connectivity index (χ3n) is 9.41. The van der Waals surface area contributed by atoms with Crippen molar-refractivity contribution in [2.45, 2.75) is 57.2 Å². The van der Waals surface area contributed by atoms with Gasteiger partial charge in [-0.05, 0) is 78.9 Å². The first-order chi connectivity index (χ1) is 21.8. The van der Waals surface area contributed by atoms with Gasteiger partial charge < -0.3 is 15.0 Å². The molecule has 0 saturated carbocycles. The predicted molar refractivity (Wildman–Crippen MR) is 175 cm³/mol. The minimum Gasteiger partial charge on any atom is -0.491 e. The number of nitrogens with one attached hydrogen (secondary N) is 1. The molecule has 4 atom stereocenters. The summed E-state index contributed by atoms with van der Waals surface area (Å²) < 4.78 is 5.83. The van der Waals surface area contributed by atoms with E-state index >= 15 is 4.79 Å². The summed E-state index contributed by atoms with van der Waals surface area (Å²) in [7, 11) is 0. The van der Waals surface area contributed by atoms with E-state index in [9.17, 15) is 9.59 Å². The molecule has 4 aromatic carbocycles. The van der Waals surface area contributed by atoms with Crippen LogP contribution in [0.1, 0.15) is 76.2 Å². The molecule has 6 heteroatoms. The number of ether oxygens (including phenoxy) is 1. The highest BCUT2D eigenvalue weighted by Crippen LogP contribution is 2.62. The van der Waals surface area contributed by atoms with Crippen molar-refractivity contribution in [2.75, 3.05) is 5.32 Å². The van der Waals surface area contributed by atoms with E-state index in [1.807, 2.05) is 104 Å². The molecular formula is C39H36N2O4. The number of amides is 1. The summed E-state index contributed by atoms with van der Waals surface area (Å²) in [6, 6.07) is 28.8. The van der Waals surface area contributed by atoms with Crippen LogP contribution in [0.4, 0.5) is 5.69 Å². The maximum atomic E-state index is 15.0. The van der Waals surface area contributed by atoms with Crippen LogP contribution in [0.25, 0.3) is 6.08 Å². The lowest BCUT2D eigenvalue weighted by Gasteiger charge is -2.38. The van der Waals surface area contributed by atoms with Gasteiger partial charge in [0.05, 0.1) is 18.1 Å². The third kappa shape index (κ3) is 4.50. The standard InChI is InChI=1S/C39H36N2O4/c1-4-9-25-14-16-27(17-15-25)35(42)33-34(36(43)28-18-20-29(21-19-28)45-24(2)3)41-23-22-26-10-5-6-11-30(26)37(41)39(33)31-12-7-8-13-32(31)40-38(39)44/h5-8,10-24,33-34,37H,4,9H2,1-3H3,(H,40,44)/t33-,34+,37-,39+/m0/s1. The number of para-hydroxylation sites is 1. The molecule has 0 radical (unpaired) electrons. The zero-order valence-corrected chi connectivity index (χ0v) is 25.7. The smallest absolute Gasteiger partial charge is 0.238 e. The maximum absolute atomic E-state index is 15.0. The Balaban J connectivity index is 1.45. The molecule has 0 unspecified atom stereocenters. The number of ketones is 2. The highest BCUT2D eigenvalue weighted by atomic mass is 16.5. The number of carbonyl (C=O) groups excluding carboxylic acids is 3. The molecular weight excluding hydrogens is 560 g/mol. The lowest BCUT2D eigenvalue weighted by atomic mass is 9.62. The van der Waals surface area contributed by atoms with Gasteiger partial charge in [0.15, 0.2) is 11.6 Å². The zero-order valence-electron chi connectivity index (χ0n) is 25.7. The summed E-state index contributed by atoms with van der Waals surface area (Å²) >= 11 is 0. The molecule has 6 nitrogen and oxygen atoms in total. The minimum atomic E-state index is -1.35. The topological polar surface area (TPSA) is 75.7 Å². The molecule has 4 aromatic rings. The monoisotopic (exact) mass is 596 g/mol. The summed E-state index contributed by atoms with van der Waals surface area (Å²) in [5.41, 5.74) is 4.05. The minimum absolute atomic E-state index is 0.00720. The number of anilines is 1. The predicted octanol–water partition coefficient (Wildman–Crippen LogP) is 7.41. The van der Waals surface area contributed by atoms with Crippen molar-refractivity contribution >= 4 is 29.2 Å². The molecule has 3 aliphatic rings. The van der Waals surface area contributed by atoms with E-state index in [-0.39, 0.29) is 23.6 Å². The second kappa shape index (κ2) is 11.2. The lowest BCUT2D eigenvalue weighted by molar-refractivity contribution is -0.122. The molecule has 7 rings (SSSR count). The second-order valence-electron chi connectivity index (χ2n) is 12.5. The van der Waals surface area contributed by atoms with Crippen LogP contribution in [-0.4, -0.2) is 34.5 Å². The van der Waals surface area contributed by atoms with Crippen molar-refractivity contribution in [1.82, 2.24) is 4.90 Å². The van der Waals surface area contributed by atoms with E-state index in [0.29, 0.717) is 22.6 Å². The van der Waals surface area contributed by atoms with Crippen molar-refractivity contribution in [3.05, 3.63) is 137 Å². The molecule has 1 amide bonds. The fourth-order valence-corrected chi connectivity index (χ4v) is 7.61. The van der Waals surface area contributed by atoms with Crippen LogP contribution in [0, 0.1) is 5.92 Å². The van der Waals surface area contributed by atoms with Gasteiger partial charge in [0, 0.05) is 23.0 Å². The Morgan fingerprint density at radius 2 is 1.53 bits per heavy atom. The molecule has 0 aliphatic carbocycles. The van der Waals surface area contributed by atoms with Crippen molar-refractivity contribution in [1.29, 1.82) is 0 Å². The molecule has 3 aliphatic heterocycles. The number of nitrogens with zero attached hydrogens (tertiary/aromatic N) is 1. The van der Waals surface area contributed by atoms with Gasteiger partial charge in [-0.25, -0.2) is 0 Å². The number of carbonyl (C=O) groups is 3. The van der Waals surface area contributed by atoms with E-state index in [2.05, 4.69) is 12.2 Å². The third-order valence-corrected chi connectivity index (χ3v) is 9.41. The first kappa shape index (κ1) is 28.8. The number of fused-ring (bicyclic) bond motifs is 6. The number of aryl methyl sites for hydroxylation is 1. The van der Waals surface area contributed by atoms with E-state index in [1.165, 1.54) is 0 Å². The maximum Gasteiger partial charge on any atom is 0.238 e. The largest absolute Gasteiger partial charge is 0.491 e. The fraction of sp³-hybridized carbons (Fsp3) is 0.256. The van der Waals surface area contributed by atoms with Crippen LogP contribution in [0.15, 0.2) is 103 Å². The van der Waals surface area contributed by atoms with Gasteiger partial charge in [0.25, 0.3) is 0 Å². The molecule has 1 spiro atoms. The van der Waals surface area contributed by atoms with E-state index < -0.39 is 23.4 Å². The van der Waals surface area contributed by atoms with Crippen LogP contribution in [0.5, 0.6) is 5.75 Å². The molecule has 45 heavy (non-hydrogen) atoms. The first-order valence-corrected chi connectivity index (χ1v) is 15.7. The van der Waals surface area contributed by atoms with Crippen LogP contribution >= 0.6 is 0 Å². The number of hydrogen-bond donors (Lipinski definition) is 1. The average molecular weight is 597 g/mol. The van der Waals surface area contributed by atoms with Crippen molar-refractivity contribution in [3.8, 4) is 5.75 Å². The van der Waals surface area contributed by atoms with Gasteiger partial charge in [-0.1, -0.05) is 80.1 Å². The van der Waals surface area contributed by atoms with Gasteiger partial charge >= 0.3 is 0 Å².